The van der Waals surface area contributed by atoms with E-state index < -0.39 is 0 Å². The molecule has 2 N–H and O–H groups in total. The second-order valence-corrected chi connectivity index (χ2v) is 9.78. The number of nitrogens with two attached hydrogens (primary N) is 1. The van der Waals surface area contributed by atoms with E-state index in [-0.39, 0.29) is 35.5 Å². The molecule has 3 unspecified atom stereocenters. The summed E-state index contributed by atoms with van der Waals surface area (Å²) in [6.45, 7) is 1.34. The van der Waals surface area contributed by atoms with E-state index in [1.54, 1.807) is 12.1 Å². The van der Waals surface area contributed by atoms with E-state index in [0.717, 1.165) is 60.9 Å². The van der Waals surface area contributed by atoms with Gasteiger partial charge in [-0.15, -0.1) is 0 Å². The molecule has 0 bridgehead atoms. The molecule has 7 heteroatoms. The molecule has 1 aromatic heterocycles. The quantitative estimate of drug-likeness (QED) is 0.516. The van der Waals surface area contributed by atoms with E-state index in [1.165, 1.54) is 6.07 Å². The van der Waals surface area contributed by atoms with E-state index in [2.05, 4.69) is 4.57 Å². The summed E-state index contributed by atoms with van der Waals surface area (Å²) in [7, 11) is 0. The van der Waals surface area contributed by atoms with E-state index in [4.69, 9.17) is 27.1 Å². The average Bonchev–Trinajstić information content (AvgIpc) is 3.19. The lowest BCUT2D eigenvalue weighted by Crippen LogP contribution is -2.42. The number of fused-ring (bicyclic) bond motifs is 1. The maximum atomic E-state index is 14.4. The topological polar surface area (TPSA) is 70.1 Å². The zero-order valence-corrected chi connectivity index (χ0v) is 19.3. The first-order chi connectivity index (χ1) is 16.0. The van der Waals surface area contributed by atoms with Gasteiger partial charge in [-0.1, -0.05) is 24.4 Å². The highest BCUT2D eigenvalue weighted by Gasteiger charge is 2.41. The van der Waals surface area contributed by atoms with Crippen molar-refractivity contribution < 1.29 is 13.9 Å². The molecule has 0 spiro atoms. The van der Waals surface area contributed by atoms with E-state index in [0.29, 0.717) is 18.2 Å². The number of rotatable bonds is 5. The van der Waals surface area contributed by atoms with Crippen LogP contribution in [-0.2, 0) is 9.53 Å². The summed E-state index contributed by atoms with van der Waals surface area (Å²) >= 11 is 6.13. The van der Waals surface area contributed by atoms with Gasteiger partial charge < -0.3 is 15.0 Å². The molecule has 5 nitrogen and oxygen atoms in total. The van der Waals surface area contributed by atoms with Crippen molar-refractivity contribution in [3.05, 3.63) is 53.3 Å². The first kappa shape index (κ1) is 22.4. The molecule has 1 aliphatic heterocycles. The number of hydrogen-bond donors (Lipinski definition) is 1. The Bertz CT molecular complexity index is 1140. The van der Waals surface area contributed by atoms with Gasteiger partial charge in [0.15, 0.2) is 0 Å². The van der Waals surface area contributed by atoms with Crippen LogP contribution in [0.4, 0.5) is 4.39 Å². The third-order valence-corrected chi connectivity index (χ3v) is 7.68. The Labute approximate surface area is 198 Å². The smallest absolute Gasteiger partial charge is 0.221 e. The monoisotopic (exact) mass is 469 g/mol. The second-order valence-electron chi connectivity index (χ2n) is 9.34. The van der Waals surface area contributed by atoms with Crippen molar-refractivity contribution in [2.24, 2.45) is 23.5 Å². The third-order valence-electron chi connectivity index (χ3n) is 7.43. The molecule has 1 saturated carbocycles. The zero-order valence-electron chi connectivity index (χ0n) is 18.6. The Hall–Kier alpha value is -2.44. The summed E-state index contributed by atoms with van der Waals surface area (Å²) in [4.78, 5) is 17.7. The van der Waals surface area contributed by atoms with Crippen molar-refractivity contribution in [1.29, 1.82) is 0 Å². The molecule has 2 aliphatic rings. The highest BCUT2D eigenvalue weighted by Crippen LogP contribution is 2.46. The Morgan fingerprint density at radius 3 is 2.55 bits per heavy atom. The SMILES string of the molecule is NC(=O)C(C1CCOCC1)C1CCCCC1n1c(-c2ccc(Cl)cc2)nc2ccc(F)cc21. The normalized spacial score (nSPS) is 23.0. The molecule has 2 aromatic carbocycles. The Morgan fingerprint density at radius 1 is 1.09 bits per heavy atom. The van der Waals surface area contributed by atoms with Crippen LogP contribution in [0.25, 0.3) is 22.4 Å². The lowest BCUT2D eigenvalue weighted by molar-refractivity contribution is -0.128. The molecule has 2 heterocycles. The summed E-state index contributed by atoms with van der Waals surface area (Å²) in [5, 5.41) is 0.649. The Balaban J connectivity index is 1.65. The minimum Gasteiger partial charge on any atom is -0.381 e. The molecule has 3 atom stereocenters. The summed E-state index contributed by atoms with van der Waals surface area (Å²) in [6, 6.07) is 12.3. The standard InChI is InChI=1S/C26H29ClFN3O2/c27-18-7-5-17(6-8-18)26-30-21-10-9-19(28)15-23(21)31(26)22-4-2-1-3-20(22)24(25(29)32)16-11-13-33-14-12-16/h5-10,15-16,20,22,24H,1-4,11-14H2,(H2,29,32). The minimum atomic E-state index is -0.297. The number of ether oxygens (including phenoxy) is 1. The average molecular weight is 470 g/mol. The molecule has 33 heavy (non-hydrogen) atoms. The van der Waals surface area contributed by atoms with Gasteiger partial charge in [0.05, 0.1) is 11.0 Å². The lowest BCUT2D eigenvalue weighted by atomic mass is 9.69. The molecule has 5 rings (SSSR count). The molecular formula is C26H29ClFN3O2. The van der Waals surface area contributed by atoms with Crippen molar-refractivity contribution in [2.75, 3.05) is 13.2 Å². The number of nitrogens with zero attached hydrogens (tertiary/aromatic N) is 2. The third kappa shape index (κ3) is 4.38. The van der Waals surface area contributed by atoms with Gasteiger partial charge >= 0.3 is 0 Å². The van der Waals surface area contributed by atoms with Crippen LogP contribution in [0.2, 0.25) is 5.02 Å². The van der Waals surface area contributed by atoms with Crippen molar-refractivity contribution in [3.8, 4) is 11.4 Å². The maximum Gasteiger partial charge on any atom is 0.221 e. The molecular weight excluding hydrogens is 441 g/mol. The van der Waals surface area contributed by atoms with Gasteiger partial charge in [-0.2, -0.15) is 0 Å². The highest BCUT2D eigenvalue weighted by molar-refractivity contribution is 6.30. The molecule has 1 amide bonds. The Kier molecular flexibility index (Phi) is 6.39. The number of imidazole rings is 1. The first-order valence-corrected chi connectivity index (χ1v) is 12.2. The lowest BCUT2D eigenvalue weighted by Gasteiger charge is -2.41. The van der Waals surface area contributed by atoms with Crippen LogP contribution in [0.3, 0.4) is 0 Å². The summed E-state index contributed by atoms with van der Waals surface area (Å²) in [5.41, 5.74) is 8.46. The van der Waals surface area contributed by atoms with Gasteiger partial charge in [-0.3, -0.25) is 4.79 Å². The number of halogens is 2. The fourth-order valence-electron chi connectivity index (χ4n) is 5.95. The van der Waals surface area contributed by atoms with E-state index >= 15 is 0 Å². The summed E-state index contributed by atoms with van der Waals surface area (Å²) in [5.74, 6) is 0.304. The zero-order chi connectivity index (χ0) is 22.9. The number of aromatic nitrogens is 2. The van der Waals surface area contributed by atoms with E-state index in [1.807, 2.05) is 24.3 Å². The molecule has 1 saturated heterocycles. The van der Waals surface area contributed by atoms with Crippen LogP contribution in [0.1, 0.15) is 44.6 Å². The van der Waals surface area contributed by atoms with Gasteiger partial charge in [0.25, 0.3) is 0 Å². The van der Waals surface area contributed by atoms with Gasteiger partial charge in [-0.05, 0) is 80.0 Å². The minimum absolute atomic E-state index is 0.0107. The van der Waals surface area contributed by atoms with Crippen LogP contribution in [-0.4, -0.2) is 28.7 Å². The predicted octanol–water partition coefficient (Wildman–Crippen LogP) is 5.76. The molecule has 0 radical (unpaired) electrons. The van der Waals surface area contributed by atoms with Crippen LogP contribution < -0.4 is 5.73 Å². The second kappa shape index (κ2) is 9.43. The molecule has 174 valence electrons. The van der Waals surface area contributed by atoms with Crippen molar-refractivity contribution >= 4 is 28.5 Å². The van der Waals surface area contributed by atoms with Crippen LogP contribution in [0, 0.1) is 23.6 Å². The fraction of sp³-hybridized carbons (Fsp3) is 0.462. The highest BCUT2D eigenvalue weighted by atomic mass is 35.5. The number of carbonyl (C=O) groups excluding carboxylic acids is 1. The summed E-state index contributed by atoms with van der Waals surface area (Å²) in [6.07, 6.45) is 5.63. The van der Waals surface area contributed by atoms with Gasteiger partial charge in [0.2, 0.25) is 5.91 Å². The van der Waals surface area contributed by atoms with Gasteiger partial charge in [-0.25, -0.2) is 9.37 Å². The largest absolute Gasteiger partial charge is 0.381 e. The summed E-state index contributed by atoms with van der Waals surface area (Å²) < 4.78 is 22.1. The predicted molar refractivity (Wildman–Crippen MR) is 127 cm³/mol. The van der Waals surface area contributed by atoms with Crippen LogP contribution in [0.15, 0.2) is 42.5 Å². The number of hydrogen-bond acceptors (Lipinski definition) is 3. The van der Waals surface area contributed by atoms with Gasteiger partial charge in [0, 0.05) is 35.8 Å². The molecule has 2 fully saturated rings. The molecule has 3 aromatic rings. The fourth-order valence-corrected chi connectivity index (χ4v) is 6.08. The van der Waals surface area contributed by atoms with E-state index in [9.17, 15) is 9.18 Å². The number of benzene rings is 2. The van der Waals surface area contributed by atoms with Crippen LogP contribution in [0.5, 0.6) is 0 Å². The number of primary amides is 1. The first-order valence-electron chi connectivity index (χ1n) is 11.8. The van der Waals surface area contributed by atoms with Crippen LogP contribution >= 0.6 is 11.6 Å². The van der Waals surface area contributed by atoms with Gasteiger partial charge in [0.1, 0.15) is 11.6 Å². The number of carbonyl (C=O) groups is 1. The van der Waals surface area contributed by atoms with Crippen molar-refractivity contribution in [1.82, 2.24) is 9.55 Å². The molecule has 1 aliphatic carbocycles. The van der Waals surface area contributed by atoms with Crippen molar-refractivity contribution in [3.63, 3.8) is 0 Å². The maximum absolute atomic E-state index is 14.4. The number of amides is 1. The Morgan fingerprint density at radius 2 is 1.82 bits per heavy atom. The van der Waals surface area contributed by atoms with Crippen molar-refractivity contribution in [2.45, 2.75) is 44.6 Å².